The molecule has 1 fully saturated rings. The third kappa shape index (κ3) is 3.11. The summed E-state index contributed by atoms with van der Waals surface area (Å²) in [6.07, 6.45) is 7.62. The van der Waals surface area contributed by atoms with E-state index in [1.807, 2.05) is 35.2 Å². The Kier molecular flexibility index (Phi) is 4.57. The average molecular weight is 389 g/mol. The van der Waals surface area contributed by atoms with Gasteiger partial charge in [-0.1, -0.05) is 49.4 Å². The lowest BCUT2D eigenvalue weighted by molar-refractivity contribution is 0.0698. The first-order chi connectivity index (χ1) is 14.1. The zero-order chi connectivity index (χ0) is 20.0. The largest absolute Gasteiger partial charge is 0.508 e. The Labute approximate surface area is 172 Å². The van der Waals surface area contributed by atoms with Crippen LogP contribution in [0.3, 0.4) is 0 Å². The Morgan fingerprint density at radius 3 is 2.62 bits per heavy atom. The smallest absolute Gasteiger partial charge is 0.255 e. The summed E-state index contributed by atoms with van der Waals surface area (Å²) in [4.78, 5) is 15.4. The van der Waals surface area contributed by atoms with Crippen LogP contribution >= 0.6 is 0 Å². The van der Waals surface area contributed by atoms with E-state index in [2.05, 4.69) is 30.5 Å². The molecule has 2 aliphatic heterocycles. The summed E-state index contributed by atoms with van der Waals surface area (Å²) in [7, 11) is 0. The van der Waals surface area contributed by atoms with E-state index in [0.717, 1.165) is 49.2 Å². The Balaban J connectivity index is 1.54. The minimum absolute atomic E-state index is 0.0148. The molecule has 4 nitrogen and oxygen atoms in total. The summed E-state index contributed by atoms with van der Waals surface area (Å²) in [6.45, 7) is 3.92. The minimum atomic E-state index is -0.0148. The number of allylic oxidation sites excluding steroid dienone is 2. The number of benzene rings is 2. The quantitative estimate of drug-likeness (QED) is 0.705. The molecule has 1 saturated heterocycles. The normalized spacial score (nSPS) is 26.0. The van der Waals surface area contributed by atoms with Crippen LogP contribution in [0.2, 0.25) is 0 Å². The fourth-order valence-electron chi connectivity index (χ4n) is 5.24. The second-order valence-corrected chi connectivity index (χ2v) is 8.78. The molecule has 2 aromatic rings. The lowest BCUT2D eigenvalue weighted by Gasteiger charge is -2.39. The van der Waals surface area contributed by atoms with E-state index in [0.29, 0.717) is 17.6 Å². The molecule has 0 spiro atoms. The standard InChI is InChI=1S/C25H28N2O2/c1-16-12-14-27(15-13-16)25(29)21-10-5-9-19-17-7-4-8-18(17)23(26-24(19)21)20-6-2-3-11-22(20)28/h2-7,9-11,16-18,23,26,28H,8,12-15H2,1H3. The average Bonchev–Trinajstić information content (AvgIpc) is 3.24. The highest BCUT2D eigenvalue weighted by molar-refractivity contribution is 6.01. The zero-order valence-electron chi connectivity index (χ0n) is 16.8. The maximum atomic E-state index is 13.4. The van der Waals surface area contributed by atoms with Gasteiger partial charge >= 0.3 is 0 Å². The molecular weight excluding hydrogens is 360 g/mol. The summed E-state index contributed by atoms with van der Waals surface area (Å²) in [5.41, 5.74) is 3.81. The molecule has 1 amide bonds. The number of nitrogens with one attached hydrogen (secondary N) is 1. The monoisotopic (exact) mass is 388 g/mol. The molecule has 2 heterocycles. The van der Waals surface area contributed by atoms with Crippen molar-refractivity contribution in [1.29, 1.82) is 0 Å². The van der Waals surface area contributed by atoms with Crippen molar-refractivity contribution >= 4 is 11.6 Å². The van der Waals surface area contributed by atoms with E-state index in [4.69, 9.17) is 0 Å². The van der Waals surface area contributed by atoms with Crippen LogP contribution in [0.15, 0.2) is 54.6 Å². The number of phenols is 1. The van der Waals surface area contributed by atoms with Crippen LogP contribution in [0.1, 0.15) is 59.6 Å². The molecule has 0 saturated carbocycles. The number of hydrogen-bond donors (Lipinski definition) is 2. The summed E-state index contributed by atoms with van der Waals surface area (Å²) >= 11 is 0. The highest BCUT2D eigenvalue weighted by atomic mass is 16.3. The number of piperidine rings is 1. The molecule has 2 N–H and O–H groups in total. The van der Waals surface area contributed by atoms with Crippen molar-refractivity contribution in [3.63, 3.8) is 0 Å². The van der Waals surface area contributed by atoms with Gasteiger partial charge in [-0.15, -0.1) is 0 Å². The van der Waals surface area contributed by atoms with Crippen molar-refractivity contribution in [2.45, 2.75) is 38.1 Å². The van der Waals surface area contributed by atoms with Gasteiger partial charge in [-0.25, -0.2) is 0 Å². The summed E-state index contributed by atoms with van der Waals surface area (Å²) in [6, 6.07) is 13.7. The van der Waals surface area contributed by atoms with E-state index in [1.165, 1.54) is 5.56 Å². The van der Waals surface area contributed by atoms with Crippen LogP contribution in [0.4, 0.5) is 5.69 Å². The van der Waals surface area contributed by atoms with Gasteiger partial charge in [0.15, 0.2) is 0 Å². The van der Waals surface area contributed by atoms with Crippen molar-refractivity contribution in [3.05, 3.63) is 71.3 Å². The van der Waals surface area contributed by atoms with Crippen molar-refractivity contribution in [2.24, 2.45) is 11.8 Å². The molecule has 5 rings (SSSR count). The zero-order valence-corrected chi connectivity index (χ0v) is 16.8. The number of anilines is 1. The molecule has 150 valence electrons. The van der Waals surface area contributed by atoms with Crippen LogP contribution in [0.5, 0.6) is 5.75 Å². The molecule has 2 aromatic carbocycles. The molecule has 0 radical (unpaired) electrons. The third-order valence-electron chi connectivity index (χ3n) is 6.97. The highest BCUT2D eigenvalue weighted by Crippen LogP contribution is 2.51. The van der Waals surface area contributed by atoms with Gasteiger partial charge in [-0.05, 0) is 48.8 Å². The first-order valence-corrected chi connectivity index (χ1v) is 10.8. The molecule has 3 atom stereocenters. The molecular formula is C25H28N2O2. The van der Waals surface area contributed by atoms with Crippen molar-refractivity contribution in [3.8, 4) is 5.75 Å². The minimum Gasteiger partial charge on any atom is -0.508 e. The number of nitrogens with zero attached hydrogens (tertiary/aromatic N) is 1. The first kappa shape index (κ1) is 18.3. The van der Waals surface area contributed by atoms with Crippen LogP contribution in [-0.2, 0) is 0 Å². The van der Waals surface area contributed by atoms with Gasteiger partial charge in [0.05, 0.1) is 17.3 Å². The van der Waals surface area contributed by atoms with E-state index in [-0.39, 0.29) is 17.9 Å². The first-order valence-electron chi connectivity index (χ1n) is 10.8. The number of rotatable bonds is 2. The Hall–Kier alpha value is -2.75. The van der Waals surface area contributed by atoms with Gasteiger partial charge in [-0.3, -0.25) is 4.79 Å². The number of para-hydroxylation sites is 2. The van der Waals surface area contributed by atoms with Gasteiger partial charge < -0.3 is 15.3 Å². The molecule has 0 bridgehead atoms. The number of fused-ring (bicyclic) bond motifs is 3. The van der Waals surface area contributed by atoms with E-state index >= 15 is 0 Å². The number of hydrogen-bond acceptors (Lipinski definition) is 3. The van der Waals surface area contributed by atoms with Gasteiger partial charge in [0.25, 0.3) is 5.91 Å². The van der Waals surface area contributed by atoms with Crippen LogP contribution < -0.4 is 5.32 Å². The molecule has 0 aromatic heterocycles. The maximum Gasteiger partial charge on any atom is 0.255 e. The Bertz CT molecular complexity index is 959. The van der Waals surface area contributed by atoms with Gasteiger partial charge in [0, 0.05) is 24.6 Å². The Morgan fingerprint density at radius 2 is 1.83 bits per heavy atom. The van der Waals surface area contributed by atoms with Gasteiger partial charge in [0.1, 0.15) is 5.75 Å². The molecule has 3 aliphatic rings. The molecule has 29 heavy (non-hydrogen) atoms. The second kappa shape index (κ2) is 7.25. The number of amides is 1. The lowest BCUT2D eigenvalue weighted by Crippen LogP contribution is -2.39. The van der Waals surface area contributed by atoms with Gasteiger partial charge in [0.2, 0.25) is 0 Å². The number of carbonyl (C=O) groups excluding carboxylic acids is 1. The van der Waals surface area contributed by atoms with Gasteiger partial charge in [-0.2, -0.15) is 0 Å². The fraction of sp³-hybridized carbons (Fsp3) is 0.400. The van der Waals surface area contributed by atoms with E-state index in [9.17, 15) is 9.90 Å². The van der Waals surface area contributed by atoms with E-state index < -0.39 is 0 Å². The Morgan fingerprint density at radius 1 is 1.07 bits per heavy atom. The maximum absolute atomic E-state index is 13.4. The molecule has 3 unspecified atom stereocenters. The number of carbonyl (C=O) groups is 1. The van der Waals surface area contributed by atoms with Crippen molar-refractivity contribution < 1.29 is 9.90 Å². The van der Waals surface area contributed by atoms with Crippen molar-refractivity contribution in [1.82, 2.24) is 4.90 Å². The number of phenolic OH excluding ortho intramolecular Hbond substituents is 1. The number of aromatic hydroxyl groups is 1. The molecule has 1 aliphatic carbocycles. The summed E-state index contributed by atoms with van der Waals surface area (Å²) in [5, 5.41) is 14.2. The predicted molar refractivity (Wildman–Crippen MR) is 115 cm³/mol. The highest BCUT2D eigenvalue weighted by Gasteiger charge is 2.40. The third-order valence-corrected chi connectivity index (χ3v) is 6.97. The molecule has 4 heteroatoms. The lowest BCUT2D eigenvalue weighted by atomic mass is 9.76. The van der Waals surface area contributed by atoms with Crippen molar-refractivity contribution in [2.75, 3.05) is 18.4 Å². The van der Waals surface area contributed by atoms with E-state index in [1.54, 1.807) is 6.07 Å². The SMILES string of the molecule is CC1CCN(C(=O)c2cccc3c2NC(c2ccccc2O)C2CC=CC32)CC1. The summed E-state index contributed by atoms with van der Waals surface area (Å²) in [5.74, 6) is 1.74. The second-order valence-electron chi connectivity index (χ2n) is 8.78. The fourth-order valence-corrected chi connectivity index (χ4v) is 5.24. The predicted octanol–water partition coefficient (Wildman–Crippen LogP) is 5.09. The van der Waals surface area contributed by atoms with Crippen LogP contribution in [-0.4, -0.2) is 29.0 Å². The summed E-state index contributed by atoms with van der Waals surface area (Å²) < 4.78 is 0. The number of likely N-dealkylation sites (tertiary alicyclic amines) is 1. The topological polar surface area (TPSA) is 52.6 Å². The van der Waals surface area contributed by atoms with Crippen LogP contribution in [0, 0.1) is 11.8 Å². The van der Waals surface area contributed by atoms with Crippen LogP contribution in [0.25, 0.3) is 0 Å².